The maximum atomic E-state index is 12.7. The Balaban J connectivity index is 1.49. The molecule has 0 radical (unpaired) electrons. The normalized spacial score (nSPS) is 17.5. The lowest BCUT2D eigenvalue weighted by atomic mass is 9.97. The Bertz CT molecular complexity index is 956. The molecular weight excluding hydrogens is 352 g/mol. The van der Waals surface area contributed by atoms with E-state index in [1.807, 2.05) is 31.2 Å². The molecule has 0 bridgehead atoms. The summed E-state index contributed by atoms with van der Waals surface area (Å²) >= 11 is 5.99. The van der Waals surface area contributed by atoms with Crippen molar-refractivity contribution >= 4 is 34.7 Å². The van der Waals surface area contributed by atoms with E-state index in [-0.39, 0.29) is 11.8 Å². The molecule has 1 saturated heterocycles. The van der Waals surface area contributed by atoms with Gasteiger partial charge in [-0.25, -0.2) is 0 Å². The minimum absolute atomic E-state index is 0.0125. The molecule has 1 atom stereocenters. The quantitative estimate of drug-likeness (QED) is 0.767. The number of carbonyl (C=O) groups is 1. The van der Waals surface area contributed by atoms with Gasteiger partial charge in [-0.05, 0) is 50.1 Å². The smallest absolute Gasteiger partial charge is 0.229 e. The monoisotopic (exact) mass is 370 g/mol. The molecule has 1 aromatic carbocycles. The van der Waals surface area contributed by atoms with Gasteiger partial charge in [0.25, 0.3) is 0 Å². The van der Waals surface area contributed by atoms with Gasteiger partial charge in [-0.3, -0.25) is 4.79 Å². The number of nitrogens with zero attached hydrogens (tertiary/aromatic N) is 5. The SMILES string of the molecule is Cc1nnc2ccc(N3CCCC(C(=O)Nc4cccc(Cl)c4)C3)nn12. The molecule has 1 N–H and O–H groups in total. The molecule has 1 amide bonds. The number of piperidine rings is 1. The maximum absolute atomic E-state index is 12.7. The lowest BCUT2D eigenvalue weighted by Gasteiger charge is -2.32. The van der Waals surface area contributed by atoms with Crippen LogP contribution in [0.4, 0.5) is 11.5 Å². The third-order valence-corrected chi connectivity index (χ3v) is 4.85. The van der Waals surface area contributed by atoms with Gasteiger partial charge in [0.15, 0.2) is 11.5 Å². The number of rotatable bonds is 3. The largest absolute Gasteiger partial charge is 0.354 e. The van der Waals surface area contributed by atoms with Crippen molar-refractivity contribution in [3.63, 3.8) is 0 Å². The third-order valence-electron chi connectivity index (χ3n) is 4.61. The number of carbonyl (C=O) groups excluding carboxylic acids is 1. The summed E-state index contributed by atoms with van der Waals surface area (Å²) < 4.78 is 1.73. The number of benzene rings is 1. The van der Waals surface area contributed by atoms with Gasteiger partial charge >= 0.3 is 0 Å². The van der Waals surface area contributed by atoms with Crippen LogP contribution < -0.4 is 10.2 Å². The fourth-order valence-corrected chi connectivity index (χ4v) is 3.46. The Morgan fingerprint density at radius 3 is 3.00 bits per heavy atom. The van der Waals surface area contributed by atoms with Crippen molar-refractivity contribution in [1.29, 1.82) is 0 Å². The van der Waals surface area contributed by atoms with E-state index in [0.717, 1.165) is 42.4 Å². The Morgan fingerprint density at radius 2 is 2.15 bits per heavy atom. The van der Waals surface area contributed by atoms with E-state index >= 15 is 0 Å². The summed E-state index contributed by atoms with van der Waals surface area (Å²) in [7, 11) is 0. The van der Waals surface area contributed by atoms with Crippen molar-refractivity contribution in [1.82, 2.24) is 19.8 Å². The summed E-state index contributed by atoms with van der Waals surface area (Å²) in [5.74, 6) is 1.50. The molecule has 26 heavy (non-hydrogen) atoms. The zero-order valence-electron chi connectivity index (χ0n) is 14.4. The Hall–Kier alpha value is -2.67. The maximum Gasteiger partial charge on any atom is 0.229 e. The lowest BCUT2D eigenvalue weighted by molar-refractivity contribution is -0.120. The number of anilines is 2. The predicted molar refractivity (Wildman–Crippen MR) is 101 cm³/mol. The lowest BCUT2D eigenvalue weighted by Crippen LogP contribution is -2.41. The summed E-state index contributed by atoms with van der Waals surface area (Å²) in [5, 5.41) is 16.3. The van der Waals surface area contributed by atoms with E-state index in [9.17, 15) is 4.79 Å². The average molecular weight is 371 g/mol. The fourth-order valence-electron chi connectivity index (χ4n) is 3.26. The van der Waals surface area contributed by atoms with Gasteiger partial charge in [-0.15, -0.1) is 15.3 Å². The summed E-state index contributed by atoms with van der Waals surface area (Å²) in [4.78, 5) is 14.8. The summed E-state index contributed by atoms with van der Waals surface area (Å²) in [6.45, 7) is 3.38. The number of hydrogen-bond donors (Lipinski definition) is 1. The number of hydrogen-bond acceptors (Lipinski definition) is 5. The number of aryl methyl sites for hydroxylation is 1. The van der Waals surface area contributed by atoms with Gasteiger partial charge < -0.3 is 10.2 Å². The fraction of sp³-hybridized carbons (Fsp3) is 0.333. The van der Waals surface area contributed by atoms with Gasteiger partial charge in [0, 0.05) is 23.8 Å². The molecular formula is C18H19ClN6O. The van der Waals surface area contributed by atoms with Crippen LogP contribution in [0.15, 0.2) is 36.4 Å². The van der Waals surface area contributed by atoms with E-state index in [1.165, 1.54) is 0 Å². The molecule has 0 spiro atoms. The summed E-state index contributed by atoms with van der Waals surface area (Å²) in [5.41, 5.74) is 1.44. The molecule has 1 fully saturated rings. The first-order chi connectivity index (χ1) is 12.6. The van der Waals surface area contributed by atoms with Crippen LogP contribution in [0.1, 0.15) is 18.7 Å². The number of nitrogens with one attached hydrogen (secondary N) is 1. The highest BCUT2D eigenvalue weighted by Gasteiger charge is 2.27. The van der Waals surface area contributed by atoms with Crippen molar-refractivity contribution in [2.45, 2.75) is 19.8 Å². The van der Waals surface area contributed by atoms with Crippen LogP contribution in [-0.4, -0.2) is 38.8 Å². The van der Waals surface area contributed by atoms with Crippen molar-refractivity contribution in [3.8, 4) is 0 Å². The molecule has 7 nitrogen and oxygen atoms in total. The number of fused-ring (bicyclic) bond motifs is 1. The van der Waals surface area contributed by atoms with Crippen molar-refractivity contribution in [2.75, 3.05) is 23.3 Å². The first-order valence-corrected chi connectivity index (χ1v) is 8.98. The molecule has 2 aromatic heterocycles. The molecule has 0 saturated carbocycles. The van der Waals surface area contributed by atoms with Crippen LogP contribution >= 0.6 is 11.6 Å². The number of aromatic nitrogens is 4. The van der Waals surface area contributed by atoms with Crippen LogP contribution in [0.2, 0.25) is 5.02 Å². The molecule has 3 heterocycles. The van der Waals surface area contributed by atoms with Crippen LogP contribution in [0.5, 0.6) is 0 Å². The van der Waals surface area contributed by atoms with Gasteiger partial charge in [0.2, 0.25) is 5.91 Å². The second-order valence-corrected chi connectivity index (χ2v) is 6.93. The second-order valence-electron chi connectivity index (χ2n) is 6.49. The molecule has 134 valence electrons. The highest BCUT2D eigenvalue weighted by atomic mass is 35.5. The van der Waals surface area contributed by atoms with E-state index in [0.29, 0.717) is 11.6 Å². The number of halogens is 1. The zero-order chi connectivity index (χ0) is 18.1. The van der Waals surface area contributed by atoms with Crippen LogP contribution in [0.3, 0.4) is 0 Å². The Kier molecular flexibility index (Phi) is 4.46. The van der Waals surface area contributed by atoms with Gasteiger partial charge in [0.05, 0.1) is 5.92 Å². The standard InChI is InChI=1S/C18H19ClN6O/c1-12-21-22-16-7-8-17(23-25(12)16)24-9-3-4-13(11-24)18(26)20-15-6-2-5-14(19)10-15/h2,5-8,10,13H,3-4,9,11H2,1H3,(H,20,26). The molecule has 0 aliphatic carbocycles. The highest BCUT2D eigenvalue weighted by Crippen LogP contribution is 2.24. The van der Waals surface area contributed by atoms with Gasteiger partial charge in [0.1, 0.15) is 5.82 Å². The molecule has 1 aliphatic heterocycles. The molecule has 1 unspecified atom stereocenters. The van der Waals surface area contributed by atoms with Crippen LogP contribution in [0, 0.1) is 12.8 Å². The zero-order valence-corrected chi connectivity index (χ0v) is 15.1. The second kappa shape index (κ2) is 6.92. The topological polar surface area (TPSA) is 75.4 Å². The van der Waals surface area contributed by atoms with Crippen molar-refractivity contribution < 1.29 is 4.79 Å². The molecule has 8 heteroatoms. The molecule has 1 aliphatic rings. The molecule has 3 aromatic rings. The average Bonchev–Trinajstić information content (AvgIpc) is 3.02. The van der Waals surface area contributed by atoms with Gasteiger partial charge in [-0.2, -0.15) is 4.52 Å². The Morgan fingerprint density at radius 1 is 1.27 bits per heavy atom. The van der Waals surface area contributed by atoms with E-state index in [2.05, 4.69) is 25.5 Å². The van der Waals surface area contributed by atoms with Gasteiger partial charge in [-0.1, -0.05) is 17.7 Å². The van der Waals surface area contributed by atoms with Crippen molar-refractivity contribution in [3.05, 3.63) is 47.2 Å². The summed E-state index contributed by atoms with van der Waals surface area (Å²) in [6.07, 6.45) is 1.80. The van der Waals surface area contributed by atoms with E-state index < -0.39 is 0 Å². The van der Waals surface area contributed by atoms with Crippen molar-refractivity contribution in [2.24, 2.45) is 5.92 Å². The minimum atomic E-state index is -0.0952. The molecule has 4 rings (SSSR count). The highest BCUT2D eigenvalue weighted by molar-refractivity contribution is 6.30. The Labute approximate surface area is 156 Å². The van der Waals surface area contributed by atoms with E-state index in [1.54, 1.807) is 16.6 Å². The van der Waals surface area contributed by atoms with E-state index in [4.69, 9.17) is 11.6 Å². The first kappa shape index (κ1) is 16.8. The van der Waals surface area contributed by atoms with Crippen LogP contribution in [-0.2, 0) is 4.79 Å². The first-order valence-electron chi connectivity index (χ1n) is 8.60. The predicted octanol–water partition coefficient (Wildman–Crippen LogP) is 2.94. The van der Waals surface area contributed by atoms with Crippen LogP contribution in [0.25, 0.3) is 5.65 Å². The summed E-state index contributed by atoms with van der Waals surface area (Å²) in [6, 6.07) is 11.0. The minimum Gasteiger partial charge on any atom is -0.354 e. The number of amides is 1. The third kappa shape index (κ3) is 3.35.